The normalized spacial score (nSPS) is 18.8. The molecule has 1 saturated heterocycles. The minimum Gasteiger partial charge on any atom is -0.493 e. The largest absolute Gasteiger partial charge is 0.493 e. The number of methoxy groups -OCH3 is 2. The van der Waals surface area contributed by atoms with Crippen LogP contribution < -0.4 is 15.2 Å². The topological polar surface area (TPSA) is 108 Å². The molecular formula is C20H23N3O5. The number of nitro benzene ring substituents is 1. The Balaban J connectivity index is 1.95. The van der Waals surface area contributed by atoms with Gasteiger partial charge in [-0.1, -0.05) is 30.3 Å². The SMILES string of the molecule is COc1cc(C(=O)N2C[C@@H](CN)[C@H](c3ccccc3)C2)c([N+](=O)[O-])cc1OC. The maximum absolute atomic E-state index is 13.2. The zero-order valence-electron chi connectivity index (χ0n) is 15.8. The van der Waals surface area contributed by atoms with Crippen LogP contribution in [0.5, 0.6) is 11.5 Å². The van der Waals surface area contributed by atoms with Crippen molar-refractivity contribution in [2.24, 2.45) is 11.7 Å². The summed E-state index contributed by atoms with van der Waals surface area (Å²) in [7, 11) is 2.81. The van der Waals surface area contributed by atoms with E-state index in [9.17, 15) is 14.9 Å². The van der Waals surface area contributed by atoms with Crippen molar-refractivity contribution in [1.29, 1.82) is 0 Å². The van der Waals surface area contributed by atoms with Crippen LogP contribution in [0.3, 0.4) is 0 Å². The quantitative estimate of drug-likeness (QED) is 0.604. The van der Waals surface area contributed by atoms with E-state index in [4.69, 9.17) is 15.2 Å². The van der Waals surface area contributed by atoms with Crippen LogP contribution in [0.2, 0.25) is 0 Å². The summed E-state index contributed by atoms with van der Waals surface area (Å²) in [6.07, 6.45) is 0. The Labute approximate surface area is 163 Å². The molecule has 0 aromatic heterocycles. The van der Waals surface area contributed by atoms with Crippen molar-refractivity contribution < 1.29 is 19.2 Å². The molecule has 8 heteroatoms. The van der Waals surface area contributed by atoms with E-state index in [2.05, 4.69) is 0 Å². The molecule has 0 aliphatic carbocycles. The van der Waals surface area contributed by atoms with Gasteiger partial charge in [0.25, 0.3) is 11.6 Å². The van der Waals surface area contributed by atoms with Crippen molar-refractivity contribution in [1.82, 2.24) is 4.90 Å². The van der Waals surface area contributed by atoms with Crippen molar-refractivity contribution in [2.45, 2.75) is 5.92 Å². The molecule has 1 amide bonds. The monoisotopic (exact) mass is 385 g/mol. The van der Waals surface area contributed by atoms with Gasteiger partial charge in [0, 0.05) is 25.1 Å². The van der Waals surface area contributed by atoms with Gasteiger partial charge < -0.3 is 20.1 Å². The molecule has 0 radical (unpaired) electrons. The molecule has 2 N–H and O–H groups in total. The Morgan fingerprint density at radius 1 is 1.18 bits per heavy atom. The number of likely N-dealkylation sites (tertiary alicyclic amines) is 1. The number of carbonyl (C=O) groups excluding carboxylic acids is 1. The number of amides is 1. The van der Waals surface area contributed by atoms with Gasteiger partial charge in [-0.3, -0.25) is 14.9 Å². The molecule has 1 fully saturated rings. The van der Waals surface area contributed by atoms with Crippen LogP contribution in [0, 0.1) is 16.0 Å². The lowest BCUT2D eigenvalue weighted by molar-refractivity contribution is -0.385. The first-order valence-electron chi connectivity index (χ1n) is 8.94. The van der Waals surface area contributed by atoms with Crippen LogP contribution in [0.15, 0.2) is 42.5 Å². The van der Waals surface area contributed by atoms with Crippen LogP contribution in [0.1, 0.15) is 21.8 Å². The number of ether oxygens (including phenoxy) is 2. The van der Waals surface area contributed by atoms with Gasteiger partial charge in [-0.25, -0.2) is 0 Å². The highest BCUT2D eigenvalue weighted by atomic mass is 16.6. The predicted octanol–water partition coefficient (Wildman–Crippen LogP) is 2.43. The highest BCUT2D eigenvalue weighted by Crippen LogP contribution is 2.37. The third kappa shape index (κ3) is 3.63. The lowest BCUT2D eigenvalue weighted by Crippen LogP contribution is -2.30. The van der Waals surface area contributed by atoms with E-state index in [0.717, 1.165) is 5.56 Å². The predicted molar refractivity (Wildman–Crippen MR) is 104 cm³/mol. The second-order valence-corrected chi connectivity index (χ2v) is 6.70. The van der Waals surface area contributed by atoms with Gasteiger partial charge in [0.15, 0.2) is 11.5 Å². The van der Waals surface area contributed by atoms with E-state index < -0.39 is 10.8 Å². The van der Waals surface area contributed by atoms with E-state index in [1.165, 1.54) is 26.4 Å². The summed E-state index contributed by atoms with van der Waals surface area (Å²) in [5, 5.41) is 11.5. The highest BCUT2D eigenvalue weighted by Gasteiger charge is 2.37. The molecule has 0 spiro atoms. The molecule has 0 bridgehead atoms. The molecule has 2 aromatic rings. The summed E-state index contributed by atoms with van der Waals surface area (Å²) in [5.74, 6) is 0.240. The average Bonchev–Trinajstić information content (AvgIpc) is 3.17. The Hall–Kier alpha value is -3.13. The summed E-state index contributed by atoms with van der Waals surface area (Å²) in [6.45, 7) is 1.33. The molecule has 3 rings (SSSR count). The number of benzene rings is 2. The summed E-state index contributed by atoms with van der Waals surface area (Å²) in [5.41, 5.74) is 6.72. The standard InChI is InChI=1S/C20H23N3O5/c1-27-18-8-15(17(23(25)26)9-19(18)28-2)20(24)22-11-14(10-21)16(12-22)13-6-4-3-5-7-13/h3-9,14,16H,10-12,21H2,1-2H3/t14-,16+/m1/s1. The van der Waals surface area contributed by atoms with Crippen LogP contribution >= 0.6 is 0 Å². The van der Waals surface area contributed by atoms with Crippen molar-refractivity contribution >= 4 is 11.6 Å². The van der Waals surface area contributed by atoms with E-state index in [-0.39, 0.29) is 34.6 Å². The summed E-state index contributed by atoms with van der Waals surface area (Å²) >= 11 is 0. The number of rotatable bonds is 6. The molecule has 2 aromatic carbocycles. The third-order valence-electron chi connectivity index (χ3n) is 5.19. The Morgan fingerprint density at radius 3 is 2.39 bits per heavy atom. The van der Waals surface area contributed by atoms with Gasteiger partial charge in [0.05, 0.1) is 25.2 Å². The molecule has 0 saturated carbocycles. The first-order valence-corrected chi connectivity index (χ1v) is 8.94. The van der Waals surface area contributed by atoms with E-state index in [0.29, 0.717) is 19.6 Å². The molecule has 28 heavy (non-hydrogen) atoms. The van der Waals surface area contributed by atoms with Crippen molar-refractivity contribution in [3.8, 4) is 11.5 Å². The smallest absolute Gasteiger partial charge is 0.286 e. The Morgan fingerprint density at radius 2 is 1.82 bits per heavy atom. The van der Waals surface area contributed by atoms with Crippen LogP contribution in [0.4, 0.5) is 5.69 Å². The van der Waals surface area contributed by atoms with Crippen molar-refractivity contribution in [3.63, 3.8) is 0 Å². The van der Waals surface area contributed by atoms with Gasteiger partial charge in [-0.2, -0.15) is 0 Å². The highest BCUT2D eigenvalue weighted by molar-refractivity contribution is 5.99. The van der Waals surface area contributed by atoms with Gasteiger partial charge in [-0.05, 0) is 18.0 Å². The van der Waals surface area contributed by atoms with Gasteiger partial charge in [0.2, 0.25) is 0 Å². The number of carbonyl (C=O) groups is 1. The molecule has 8 nitrogen and oxygen atoms in total. The third-order valence-corrected chi connectivity index (χ3v) is 5.19. The summed E-state index contributed by atoms with van der Waals surface area (Å²) in [4.78, 5) is 25.7. The van der Waals surface area contributed by atoms with Crippen LogP contribution in [-0.4, -0.2) is 49.6 Å². The van der Waals surface area contributed by atoms with Crippen molar-refractivity contribution in [2.75, 3.05) is 33.9 Å². The van der Waals surface area contributed by atoms with Gasteiger partial charge >= 0.3 is 0 Å². The molecule has 0 unspecified atom stereocenters. The second-order valence-electron chi connectivity index (χ2n) is 6.70. The number of hydrogen-bond donors (Lipinski definition) is 1. The Bertz CT molecular complexity index is 872. The fourth-order valence-corrected chi connectivity index (χ4v) is 3.71. The summed E-state index contributed by atoms with van der Waals surface area (Å²) in [6, 6.07) is 12.5. The molecule has 148 valence electrons. The van der Waals surface area contributed by atoms with E-state index >= 15 is 0 Å². The number of hydrogen-bond acceptors (Lipinski definition) is 6. The molecular weight excluding hydrogens is 362 g/mol. The maximum atomic E-state index is 13.2. The van der Waals surface area contributed by atoms with Crippen molar-refractivity contribution in [3.05, 3.63) is 63.7 Å². The molecule has 2 atom stereocenters. The molecule has 1 aliphatic rings. The fourth-order valence-electron chi connectivity index (χ4n) is 3.71. The minimum absolute atomic E-state index is 0.0212. The van der Waals surface area contributed by atoms with E-state index in [1.54, 1.807) is 4.90 Å². The molecule has 1 aliphatic heterocycles. The fraction of sp³-hybridized carbons (Fsp3) is 0.350. The van der Waals surface area contributed by atoms with Gasteiger partial charge in [-0.15, -0.1) is 0 Å². The molecule has 1 heterocycles. The number of nitrogens with zero attached hydrogens (tertiary/aromatic N) is 2. The maximum Gasteiger partial charge on any atom is 0.286 e. The second kappa shape index (κ2) is 8.26. The summed E-state index contributed by atoms with van der Waals surface area (Å²) < 4.78 is 10.3. The van der Waals surface area contributed by atoms with E-state index in [1.807, 2.05) is 30.3 Å². The number of nitrogens with two attached hydrogens (primary N) is 1. The van der Waals surface area contributed by atoms with Gasteiger partial charge in [0.1, 0.15) is 5.56 Å². The lowest BCUT2D eigenvalue weighted by Gasteiger charge is -2.18. The minimum atomic E-state index is -0.583. The zero-order valence-corrected chi connectivity index (χ0v) is 15.8. The number of nitro groups is 1. The van der Waals surface area contributed by atoms with Crippen LogP contribution in [-0.2, 0) is 0 Å². The van der Waals surface area contributed by atoms with Crippen LogP contribution in [0.25, 0.3) is 0 Å². The first-order chi connectivity index (χ1) is 13.5. The zero-order chi connectivity index (χ0) is 20.3. The Kier molecular flexibility index (Phi) is 5.79. The first kappa shape index (κ1) is 19.6. The lowest BCUT2D eigenvalue weighted by atomic mass is 9.89. The average molecular weight is 385 g/mol.